The van der Waals surface area contributed by atoms with Crippen LogP contribution in [0.4, 0.5) is 5.69 Å². The molecule has 0 saturated carbocycles. The van der Waals surface area contributed by atoms with Crippen molar-refractivity contribution in [3.63, 3.8) is 0 Å². The normalized spacial score (nSPS) is 10.5. The van der Waals surface area contributed by atoms with Gasteiger partial charge >= 0.3 is 5.97 Å². The molecule has 0 aliphatic carbocycles. The molecule has 68 valence electrons. The molecule has 3 N–H and O–H groups in total. The van der Waals surface area contributed by atoms with Crippen molar-refractivity contribution in [3.05, 3.63) is 35.4 Å². The SMILES string of the molecule is Cc1cc(N)ccc1C=CC(=O)O. The molecule has 0 unspecified atom stereocenters. The Morgan fingerprint density at radius 1 is 1.54 bits per heavy atom. The van der Waals surface area contributed by atoms with Gasteiger partial charge in [-0.1, -0.05) is 6.07 Å². The summed E-state index contributed by atoms with van der Waals surface area (Å²) in [4.78, 5) is 10.2. The lowest BCUT2D eigenvalue weighted by Crippen LogP contribution is -1.89. The molecule has 0 fully saturated rings. The maximum absolute atomic E-state index is 10.2. The van der Waals surface area contributed by atoms with Crippen molar-refractivity contribution in [1.29, 1.82) is 0 Å². The average Bonchev–Trinajstić information content (AvgIpc) is 2.02. The summed E-state index contributed by atoms with van der Waals surface area (Å²) in [5.41, 5.74) is 8.07. The Hall–Kier alpha value is -1.77. The first-order chi connectivity index (χ1) is 6.09. The minimum atomic E-state index is -0.948. The van der Waals surface area contributed by atoms with Crippen LogP contribution in [0.3, 0.4) is 0 Å². The third-order valence-electron chi connectivity index (χ3n) is 1.70. The maximum atomic E-state index is 10.2. The molecule has 3 heteroatoms. The van der Waals surface area contributed by atoms with E-state index in [0.29, 0.717) is 5.69 Å². The number of carbonyl (C=O) groups is 1. The van der Waals surface area contributed by atoms with Gasteiger partial charge in [0.2, 0.25) is 0 Å². The standard InChI is InChI=1S/C10H11NO2/c1-7-6-9(11)4-2-8(7)3-5-10(12)13/h2-6H,11H2,1H3,(H,12,13). The molecule has 0 saturated heterocycles. The van der Waals surface area contributed by atoms with Gasteiger partial charge < -0.3 is 10.8 Å². The predicted octanol–water partition coefficient (Wildman–Crippen LogP) is 1.68. The smallest absolute Gasteiger partial charge is 0.328 e. The Kier molecular flexibility index (Phi) is 2.69. The first kappa shape index (κ1) is 9.32. The summed E-state index contributed by atoms with van der Waals surface area (Å²) in [7, 11) is 0. The lowest BCUT2D eigenvalue weighted by Gasteiger charge is -2.00. The quantitative estimate of drug-likeness (QED) is 0.533. The van der Waals surface area contributed by atoms with E-state index in [-0.39, 0.29) is 0 Å². The molecule has 0 radical (unpaired) electrons. The molecule has 0 aliphatic rings. The van der Waals surface area contributed by atoms with Gasteiger partial charge in [-0.05, 0) is 36.3 Å². The summed E-state index contributed by atoms with van der Waals surface area (Å²) in [5.74, 6) is -0.948. The first-order valence-electron chi connectivity index (χ1n) is 3.87. The lowest BCUT2D eigenvalue weighted by atomic mass is 10.1. The van der Waals surface area contributed by atoms with Gasteiger partial charge in [0, 0.05) is 11.8 Å². The van der Waals surface area contributed by atoms with Gasteiger partial charge in [0.05, 0.1) is 0 Å². The van der Waals surface area contributed by atoms with E-state index in [4.69, 9.17) is 10.8 Å². The zero-order chi connectivity index (χ0) is 9.84. The highest BCUT2D eigenvalue weighted by atomic mass is 16.4. The Balaban J connectivity index is 2.96. The van der Waals surface area contributed by atoms with Crippen LogP contribution in [0.15, 0.2) is 24.3 Å². The molecule has 0 spiro atoms. The number of anilines is 1. The van der Waals surface area contributed by atoms with Crippen molar-refractivity contribution in [1.82, 2.24) is 0 Å². The van der Waals surface area contributed by atoms with Crippen LogP contribution in [0, 0.1) is 6.92 Å². The summed E-state index contributed by atoms with van der Waals surface area (Å²) in [6, 6.07) is 5.35. The minimum Gasteiger partial charge on any atom is -0.478 e. The van der Waals surface area contributed by atoms with Gasteiger partial charge in [0.15, 0.2) is 0 Å². The number of aryl methyl sites for hydroxylation is 1. The number of benzene rings is 1. The largest absolute Gasteiger partial charge is 0.478 e. The molecule has 1 aromatic rings. The first-order valence-corrected chi connectivity index (χ1v) is 3.87. The molecule has 0 atom stereocenters. The molecule has 3 nitrogen and oxygen atoms in total. The van der Waals surface area contributed by atoms with E-state index in [0.717, 1.165) is 17.2 Å². The molecule has 1 aromatic carbocycles. The zero-order valence-electron chi connectivity index (χ0n) is 7.32. The van der Waals surface area contributed by atoms with Crippen LogP contribution >= 0.6 is 0 Å². The molecule has 13 heavy (non-hydrogen) atoms. The fourth-order valence-corrected chi connectivity index (χ4v) is 1.05. The highest BCUT2D eigenvalue weighted by Crippen LogP contribution is 2.13. The van der Waals surface area contributed by atoms with Crippen molar-refractivity contribution in [2.75, 3.05) is 5.73 Å². The van der Waals surface area contributed by atoms with Gasteiger partial charge in [-0.25, -0.2) is 4.79 Å². The molecular weight excluding hydrogens is 166 g/mol. The van der Waals surface area contributed by atoms with E-state index in [1.165, 1.54) is 0 Å². The van der Waals surface area contributed by atoms with Crippen molar-refractivity contribution in [2.45, 2.75) is 6.92 Å². The van der Waals surface area contributed by atoms with Gasteiger partial charge in [-0.15, -0.1) is 0 Å². The monoisotopic (exact) mass is 177 g/mol. The van der Waals surface area contributed by atoms with E-state index in [9.17, 15) is 4.79 Å². The number of aliphatic carboxylic acids is 1. The summed E-state index contributed by atoms with van der Waals surface area (Å²) in [6.45, 7) is 1.89. The molecule has 0 heterocycles. The van der Waals surface area contributed by atoms with Crippen LogP contribution in [0.25, 0.3) is 6.08 Å². The van der Waals surface area contributed by atoms with E-state index >= 15 is 0 Å². The third-order valence-corrected chi connectivity index (χ3v) is 1.70. The molecular formula is C10H11NO2. The summed E-state index contributed by atoms with van der Waals surface area (Å²) >= 11 is 0. The topological polar surface area (TPSA) is 63.3 Å². The van der Waals surface area contributed by atoms with E-state index in [2.05, 4.69) is 0 Å². The van der Waals surface area contributed by atoms with Crippen molar-refractivity contribution < 1.29 is 9.90 Å². The number of hydrogen-bond donors (Lipinski definition) is 2. The maximum Gasteiger partial charge on any atom is 0.328 e. The van der Waals surface area contributed by atoms with Crippen molar-refractivity contribution in [2.24, 2.45) is 0 Å². The van der Waals surface area contributed by atoms with Gasteiger partial charge in [-0.3, -0.25) is 0 Å². The van der Waals surface area contributed by atoms with Crippen molar-refractivity contribution in [3.8, 4) is 0 Å². The summed E-state index contributed by atoms with van der Waals surface area (Å²) < 4.78 is 0. The number of nitrogens with two attached hydrogens (primary N) is 1. The molecule has 0 bridgehead atoms. The number of rotatable bonds is 2. The Bertz CT molecular complexity index is 356. The van der Waals surface area contributed by atoms with Crippen LogP contribution in [-0.2, 0) is 4.79 Å². The molecule has 0 aromatic heterocycles. The lowest BCUT2D eigenvalue weighted by molar-refractivity contribution is -0.131. The second kappa shape index (κ2) is 3.76. The Morgan fingerprint density at radius 2 is 2.23 bits per heavy atom. The average molecular weight is 177 g/mol. The summed E-state index contributed by atoms with van der Waals surface area (Å²) in [5, 5.41) is 8.41. The highest BCUT2D eigenvalue weighted by molar-refractivity contribution is 5.85. The zero-order valence-corrected chi connectivity index (χ0v) is 7.32. The van der Waals surface area contributed by atoms with Crippen LogP contribution < -0.4 is 5.73 Å². The molecule has 0 aliphatic heterocycles. The Labute approximate surface area is 76.5 Å². The van der Waals surface area contributed by atoms with Crippen molar-refractivity contribution >= 4 is 17.7 Å². The van der Waals surface area contributed by atoms with Gasteiger partial charge in [0.1, 0.15) is 0 Å². The number of nitrogen functional groups attached to an aromatic ring is 1. The number of carboxylic acid groups (broad SMARTS) is 1. The van der Waals surface area contributed by atoms with Gasteiger partial charge in [-0.2, -0.15) is 0 Å². The highest BCUT2D eigenvalue weighted by Gasteiger charge is 1.95. The number of carboxylic acids is 1. The van der Waals surface area contributed by atoms with Crippen LogP contribution in [0.2, 0.25) is 0 Å². The van der Waals surface area contributed by atoms with Gasteiger partial charge in [0.25, 0.3) is 0 Å². The van der Waals surface area contributed by atoms with E-state index in [1.807, 2.05) is 13.0 Å². The van der Waals surface area contributed by atoms with Crippen LogP contribution in [0.5, 0.6) is 0 Å². The van der Waals surface area contributed by atoms with Crippen LogP contribution in [-0.4, -0.2) is 11.1 Å². The van der Waals surface area contributed by atoms with Crippen LogP contribution in [0.1, 0.15) is 11.1 Å². The minimum absolute atomic E-state index is 0.685. The number of hydrogen-bond acceptors (Lipinski definition) is 2. The Morgan fingerprint density at radius 3 is 2.77 bits per heavy atom. The second-order valence-corrected chi connectivity index (χ2v) is 2.79. The fraction of sp³-hybridized carbons (Fsp3) is 0.100. The third kappa shape index (κ3) is 2.63. The fourth-order valence-electron chi connectivity index (χ4n) is 1.05. The van der Waals surface area contributed by atoms with E-state index < -0.39 is 5.97 Å². The summed E-state index contributed by atoms with van der Waals surface area (Å²) in [6.07, 6.45) is 2.66. The molecule has 0 amide bonds. The van der Waals surface area contributed by atoms with E-state index in [1.54, 1.807) is 18.2 Å². The molecule has 1 rings (SSSR count). The predicted molar refractivity (Wildman–Crippen MR) is 52.3 cm³/mol. The second-order valence-electron chi connectivity index (χ2n) is 2.79.